The molecule has 2 atom stereocenters. The number of nitrogens with zero attached hydrogens (tertiary/aromatic N) is 1. The number of morpholine rings is 1. The van der Waals surface area contributed by atoms with Crippen molar-refractivity contribution in [2.24, 2.45) is 11.7 Å². The van der Waals surface area contributed by atoms with Crippen LogP contribution in [0.1, 0.15) is 36.3 Å². The summed E-state index contributed by atoms with van der Waals surface area (Å²) in [5.74, 6) is 0.675. The highest BCUT2D eigenvalue weighted by atomic mass is 16.6. The largest absolute Gasteiger partial charge is 0.448 e. The molecule has 0 radical (unpaired) electrons. The zero-order chi connectivity index (χ0) is 19.8. The Labute approximate surface area is 171 Å². The molecule has 2 aromatic rings. The van der Waals surface area contributed by atoms with Gasteiger partial charge in [-0.15, -0.1) is 0 Å². The minimum Gasteiger partial charge on any atom is -0.448 e. The molecule has 2 bridgehead atoms. The standard InChI is InChI=1S/C24H28N2O3/c25-10-9-16-11-17-13-28-14-18(12-16)26(17)24(27)29-15-23-21-7-3-1-5-19(21)20-6-2-4-8-22(20)23/h1-8,16-18,23H,9-15,25H2. The average molecular weight is 392 g/mol. The van der Waals surface area contributed by atoms with E-state index in [1.165, 1.54) is 22.3 Å². The molecule has 0 aromatic heterocycles. The SMILES string of the molecule is NCCC1CC2COCC(C1)N2C(=O)OCC1c2ccccc2-c2ccccc21. The van der Waals surface area contributed by atoms with Crippen LogP contribution in [-0.2, 0) is 9.47 Å². The number of carbonyl (C=O) groups is 1. The lowest BCUT2D eigenvalue weighted by Crippen LogP contribution is -2.59. The lowest BCUT2D eigenvalue weighted by Gasteiger charge is -2.47. The molecule has 0 saturated carbocycles. The van der Waals surface area contributed by atoms with Gasteiger partial charge < -0.3 is 15.2 Å². The minimum absolute atomic E-state index is 0.0946. The van der Waals surface area contributed by atoms with Gasteiger partial charge in [-0.3, -0.25) is 4.90 Å². The van der Waals surface area contributed by atoms with E-state index in [1.807, 2.05) is 4.90 Å². The fourth-order valence-corrected chi connectivity index (χ4v) is 5.47. The summed E-state index contributed by atoms with van der Waals surface area (Å²) in [6, 6.07) is 17.1. The molecule has 2 aromatic carbocycles. The van der Waals surface area contributed by atoms with Crippen LogP contribution in [0.2, 0.25) is 0 Å². The molecule has 2 saturated heterocycles. The molecule has 0 spiro atoms. The Morgan fingerprint density at radius 2 is 1.59 bits per heavy atom. The van der Waals surface area contributed by atoms with Crippen molar-refractivity contribution in [3.8, 4) is 11.1 Å². The summed E-state index contributed by atoms with van der Waals surface area (Å²) in [4.78, 5) is 15.0. The first-order chi connectivity index (χ1) is 14.3. The normalized spacial score (nSPS) is 25.4. The Hall–Kier alpha value is -2.37. The third-order valence-electron chi connectivity index (χ3n) is 6.74. The minimum atomic E-state index is -0.198. The number of fused-ring (bicyclic) bond motifs is 5. The second-order valence-corrected chi connectivity index (χ2v) is 8.47. The highest BCUT2D eigenvalue weighted by Gasteiger charge is 2.42. The number of hydrogen-bond acceptors (Lipinski definition) is 4. The number of amides is 1. The fraction of sp³-hybridized carbons (Fsp3) is 0.458. The molecule has 2 unspecified atom stereocenters. The number of nitrogens with two attached hydrogens (primary N) is 1. The van der Waals surface area contributed by atoms with Crippen LogP contribution in [0.4, 0.5) is 4.79 Å². The number of benzene rings is 2. The van der Waals surface area contributed by atoms with Crippen molar-refractivity contribution >= 4 is 6.09 Å². The highest BCUT2D eigenvalue weighted by molar-refractivity contribution is 5.79. The predicted molar refractivity (Wildman–Crippen MR) is 112 cm³/mol. The topological polar surface area (TPSA) is 64.8 Å². The van der Waals surface area contributed by atoms with Gasteiger partial charge >= 0.3 is 6.09 Å². The fourth-order valence-electron chi connectivity index (χ4n) is 5.47. The molecule has 2 heterocycles. The first kappa shape index (κ1) is 18.6. The number of piperidine rings is 1. The third-order valence-corrected chi connectivity index (χ3v) is 6.74. The van der Waals surface area contributed by atoms with Crippen LogP contribution >= 0.6 is 0 Å². The summed E-state index contributed by atoms with van der Waals surface area (Å²) < 4.78 is 11.7. The Bertz CT molecular complexity index is 840. The maximum Gasteiger partial charge on any atom is 0.410 e. The molecular formula is C24H28N2O3. The van der Waals surface area contributed by atoms with Crippen molar-refractivity contribution in [1.82, 2.24) is 4.90 Å². The number of rotatable bonds is 4. The van der Waals surface area contributed by atoms with Gasteiger partial charge in [0.1, 0.15) is 6.61 Å². The van der Waals surface area contributed by atoms with E-state index in [4.69, 9.17) is 15.2 Å². The van der Waals surface area contributed by atoms with Gasteiger partial charge in [0.25, 0.3) is 0 Å². The molecule has 5 rings (SSSR count). The Balaban J connectivity index is 1.31. The van der Waals surface area contributed by atoms with Gasteiger partial charge in [0.15, 0.2) is 0 Å². The molecule has 29 heavy (non-hydrogen) atoms. The van der Waals surface area contributed by atoms with Crippen molar-refractivity contribution in [2.45, 2.75) is 37.3 Å². The summed E-state index contributed by atoms with van der Waals surface area (Å²) in [6.45, 7) is 2.27. The van der Waals surface area contributed by atoms with Crippen LogP contribution in [0, 0.1) is 5.92 Å². The van der Waals surface area contributed by atoms with Gasteiger partial charge in [0.2, 0.25) is 0 Å². The number of ether oxygens (including phenoxy) is 2. The molecule has 1 aliphatic carbocycles. The Morgan fingerprint density at radius 3 is 2.17 bits per heavy atom. The second-order valence-electron chi connectivity index (χ2n) is 8.47. The molecule has 2 fully saturated rings. The van der Waals surface area contributed by atoms with E-state index in [2.05, 4.69) is 48.5 Å². The summed E-state index contributed by atoms with van der Waals surface area (Å²) in [7, 11) is 0. The van der Waals surface area contributed by atoms with Gasteiger partial charge in [-0.2, -0.15) is 0 Å². The Kier molecular flexibility index (Phi) is 5.02. The van der Waals surface area contributed by atoms with Crippen LogP contribution in [0.5, 0.6) is 0 Å². The van der Waals surface area contributed by atoms with Gasteiger partial charge in [-0.1, -0.05) is 48.5 Å². The van der Waals surface area contributed by atoms with Crippen LogP contribution in [-0.4, -0.2) is 49.4 Å². The van der Waals surface area contributed by atoms with E-state index in [1.54, 1.807) is 0 Å². The summed E-state index contributed by atoms with van der Waals surface area (Å²) in [5.41, 5.74) is 10.7. The molecule has 2 aliphatic heterocycles. The van der Waals surface area contributed by atoms with Crippen molar-refractivity contribution < 1.29 is 14.3 Å². The van der Waals surface area contributed by atoms with E-state index in [9.17, 15) is 4.79 Å². The quantitative estimate of drug-likeness (QED) is 0.860. The second kappa shape index (κ2) is 7.81. The summed E-state index contributed by atoms with van der Waals surface area (Å²) in [5, 5.41) is 0. The van der Waals surface area contributed by atoms with Crippen LogP contribution in [0.15, 0.2) is 48.5 Å². The lowest BCUT2D eigenvalue weighted by atomic mass is 9.83. The molecule has 152 valence electrons. The van der Waals surface area contributed by atoms with Gasteiger partial charge in [-0.25, -0.2) is 4.79 Å². The van der Waals surface area contributed by atoms with Crippen LogP contribution in [0.3, 0.4) is 0 Å². The van der Waals surface area contributed by atoms with Crippen molar-refractivity contribution in [1.29, 1.82) is 0 Å². The maximum atomic E-state index is 13.1. The van der Waals surface area contributed by atoms with Gasteiger partial charge in [0, 0.05) is 5.92 Å². The maximum absolute atomic E-state index is 13.1. The molecule has 3 aliphatic rings. The van der Waals surface area contributed by atoms with Crippen LogP contribution in [0.25, 0.3) is 11.1 Å². The van der Waals surface area contributed by atoms with Gasteiger partial charge in [0.05, 0.1) is 25.3 Å². The summed E-state index contributed by atoms with van der Waals surface area (Å²) in [6.07, 6.45) is 2.73. The number of carbonyl (C=O) groups excluding carboxylic acids is 1. The first-order valence-corrected chi connectivity index (χ1v) is 10.7. The van der Waals surface area contributed by atoms with Crippen molar-refractivity contribution in [3.63, 3.8) is 0 Å². The van der Waals surface area contributed by atoms with E-state index in [0.717, 1.165) is 19.3 Å². The predicted octanol–water partition coefficient (Wildman–Crippen LogP) is 3.76. The molecular weight excluding hydrogens is 364 g/mol. The Morgan fingerprint density at radius 1 is 1.00 bits per heavy atom. The van der Waals surface area contributed by atoms with Crippen molar-refractivity contribution in [2.75, 3.05) is 26.4 Å². The van der Waals surface area contributed by atoms with Gasteiger partial charge in [-0.05, 0) is 54.0 Å². The molecule has 2 N–H and O–H groups in total. The zero-order valence-corrected chi connectivity index (χ0v) is 16.6. The van der Waals surface area contributed by atoms with E-state index in [0.29, 0.717) is 32.3 Å². The highest BCUT2D eigenvalue weighted by Crippen LogP contribution is 2.44. The third kappa shape index (κ3) is 3.32. The molecule has 1 amide bonds. The van der Waals surface area contributed by atoms with E-state index in [-0.39, 0.29) is 24.1 Å². The van der Waals surface area contributed by atoms with E-state index < -0.39 is 0 Å². The van der Waals surface area contributed by atoms with Crippen LogP contribution < -0.4 is 5.73 Å². The molecule has 5 nitrogen and oxygen atoms in total. The smallest absolute Gasteiger partial charge is 0.410 e. The number of hydrogen-bond donors (Lipinski definition) is 1. The van der Waals surface area contributed by atoms with E-state index >= 15 is 0 Å². The average Bonchev–Trinajstić information content (AvgIpc) is 3.05. The monoisotopic (exact) mass is 392 g/mol. The van der Waals surface area contributed by atoms with Crippen molar-refractivity contribution in [3.05, 3.63) is 59.7 Å². The lowest BCUT2D eigenvalue weighted by molar-refractivity contribution is -0.0791. The summed E-state index contributed by atoms with van der Waals surface area (Å²) >= 11 is 0. The first-order valence-electron chi connectivity index (χ1n) is 10.7. The zero-order valence-electron chi connectivity index (χ0n) is 16.6. The molecule has 5 heteroatoms.